The standard InChI is InChI=1S/C24H24BrN5O5/c1-3-4-11-24(22(26)32,29-21(31)18-7-5-6-8-19(18)30(33)34)16-9-10-20(15(2)12-16)35-23-27-13-17(25)14-28-23/h5-10,12-14H,3-4,11H2,1-2H3,(H2,26,32)(H,29,31). The number of hydrogen-bond acceptors (Lipinski definition) is 7. The third kappa shape index (κ3) is 5.80. The lowest BCUT2D eigenvalue weighted by Gasteiger charge is -2.33. The van der Waals surface area contributed by atoms with Gasteiger partial charge in [-0.1, -0.05) is 38.0 Å². The first-order valence-electron chi connectivity index (χ1n) is 10.8. The summed E-state index contributed by atoms with van der Waals surface area (Å²) in [6.07, 6.45) is 4.61. The lowest BCUT2D eigenvalue weighted by molar-refractivity contribution is -0.385. The van der Waals surface area contributed by atoms with Crippen molar-refractivity contribution in [2.75, 3.05) is 0 Å². The van der Waals surface area contributed by atoms with Gasteiger partial charge in [0, 0.05) is 18.5 Å². The number of rotatable bonds is 10. The number of aromatic nitrogens is 2. The number of nitro groups is 1. The molecule has 1 heterocycles. The first-order valence-corrected chi connectivity index (χ1v) is 11.6. The summed E-state index contributed by atoms with van der Waals surface area (Å²) in [5, 5.41) is 14.1. The van der Waals surface area contributed by atoms with Crippen molar-refractivity contribution in [2.45, 2.75) is 38.6 Å². The predicted octanol–water partition coefficient (Wildman–Crippen LogP) is 4.55. The van der Waals surface area contributed by atoms with E-state index in [-0.39, 0.29) is 23.7 Å². The Morgan fingerprint density at radius 1 is 1.20 bits per heavy atom. The van der Waals surface area contributed by atoms with Crippen molar-refractivity contribution in [3.05, 3.63) is 86.1 Å². The fourth-order valence-electron chi connectivity index (χ4n) is 3.61. The lowest BCUT2D eigenvalue weighted by Crippen LogP contribution is -2.55. The van der Waals surface area contributed by atoms with Crippen LogP contribution in [0, 0.1) is 17.0 Å². The molecule has 3 rings (SSSR count). The van der Waals surface area contributed by atoms with Crippen molar-refractivity contribution >= 4 is 33.4 Å². The Hall–Kier alpha value is -3.86. The zero-order chi connectivity index (χ0) is 25.6. The summed E-state index contributed by atoms with van der Waals surface area (Å²) in [5.41, 5.74) is 4.82. The molecule has 2 aromatic carbocycles. The van der Waals surface area contributed by atoms with Gasteiger partial charge < -0.3 is 15.8 Å². The number of unbranched alkanes of at least 4 members (excludes halogenated alkanes) is 1. The average Bonchev–Trinajstić information content (AvgIpc) is 2.84. The van der Waals surface area contributed by atoms with Crippen LogP contribution in [0.2, 0.25) is 0 Å². The second-order valence-corrected chi connectivity index (χ2v) is 8.78. The molecule has 0 fully saturated rings. The van der Waals surface area contributed by atoms with Gasteiger partial charge in [0.2, 0.25) is 5.91 Å². The maximum Gasteiger partial charge on any atom is 0.321 e. The Morgan fingerprint density at radius 3 is 2.49 bits per heavy atom. The van der Waals surface area contributed by atoms with Crippen LogP contribution in [-0.4, -0.2) is 26.7 Å². The molecule has 2 amide bonds. The lowest BCUT2D eigenvalue weighted by atomic mass is 9.83. The molecule has 1 aromatic heterocycles. The molecular formula is C24H24BrN5O5. The number of carbonyl (C=O) groups is 2. The van der Waals surface area contributed by atoms with Gasteiger partial charge in [0.15, 0.2) is 0 Å². The quantitative estimate of drug-likeness (QED) is 0.282. The van der Waals surface area contributed by atoms with Crippen LogP contribution in [0.5, 0.6) is 11.8 Å². The number of amides is 2. The van der Waals surface area contributed by atoms with Crippen LogP contribution in [0.15, 0.2) is 59.3 Å². The second kappa shape index (κ2) is 11.0. The summed E-state index contributed by atoms with van der Waals surface area (Å²) >= 11 is 3.26. The van der Waals surface area contributed by atoms with Gasteiger partial charge in [-0.2, -0.15) is 0 Å². The third-order valence-electron chi connectivity index (χ3n) is 5.46. The van der Waals surface area contributed by atoms with Crippen molar-refractivity contribution in [3.8, 4) is 11.8 Å². The molecule has 1 unspecified atom stereocenters. The summed E-state index contributed by atoms with van der Waals surface area (Å²) in [7, 11) is 0. The molecule has 0 spiro atoms. The molecule has 35 heavy (non-hydrogen) atoms. The summed E-state index contributed by atoms with van der Waals surface area (Å²) in [6.45, 7) is 3.71. The van der Waals surface area contributed by atoms with Crippen LogP contribution >= 0.6 is 15.9 Å². The van der Waals surface area contributed by atoms with E-state index in [1.165, 1.54) is 24.3 Å². The minimum atomic E-state index is -1.59. The molecular weight excluding hydrogens is 518 g/mol. The zero-order valence-corrected chi connectivity index (χ0v) is 20.7. The number of ether oxygens (including phenoxy) is 1. The monoisotopic (exact) mass is 541 g/mol. The topological polar surface area (TPSA) is 150 Å². The van der Waals surface area contributed by atoms with Gasteiger partial charge in [-0.3, -0.25) is 19.7 Å². The zero-order valence-electron chi connectivity index (χ0n) is 19.2. The predicted molar refractivity (Wildman–Crippen MR) is 132 cm³/mol. The SMILES string of the molecule is CCCCC(NC(=O)c1ccccc1[N+](=O)[O-])(C(N)=O)c1ccc(Oc2ncc(Br)cn2)c(C)c1. The van der Waals surface area contributed by atoms with Crippen molar-refractivity contribution in [1.82, 2.24) is 15.3 Å². The second-order valence-electron chi connectivity index (χ2n) is 7.87. The minimum absolute atomic E-state index is 0.140. The fourth-order valence-corrected chi connectivity index (χ4v) is 3.82. The first kappa shape index (κ1) is 25.8. The maximum absolute atomic E-state index is 13.2. The smallest absolute Gasteiger partial charge is 0.321 e. The van der Waals surface area contributed by atoms with Crippen LogP contribution in [0.25, 0.3) is 0 Å². The highest BCUT2D eigenvalue weighted by Gasteiger charge is 2.41. The molecule has 3 N–H and O–H groups in total. The maximum atomic E-state index is 13.2. The van der Waals surface area contributed by atoms with E-state index in [9.17, 15) is 19.7 Å². The molecule has 182 valence electrons. The highest BCUT2D eigenvalue weighted by atomic mass is 79.9. The number of nitrogens with two attached hydrogens (primary N) is 1. The highest BCUT2D eigenvalue weighted by Crippen LogP contribution is 2.33. The van der Waals surface area contributed by atoms with Gasteiger partial charge in [0.05, 0.1) is 9.40 Å². The van der Waals surface area contributed by atoms with Gasteiger partial charge in [0.25, 0.3) is 11.6 Å². The van der Waals surface area contributed by atoms with E-state index in [2.05, 4.69) is 31.2 Å². The Kier molecular flexibility index (Phi) is 8.13. The Labute approximate surface area is 210 Å². The van der Waals surface area contributed by atoms with E-state index >= 15 is 0 Å². The number of nitrogens with zero attached hydrogens (tertiary/aromatic N) is 3. The van der Waals surface area contributed by atoms with E-state index in [1.807, 2.05) is 6.92 Å². The van der Waals surface area contributed by atoms with Gasteiger partial charge in [-0.25, -0.2) is 9.97 Å². The Morgan fingerprint density at radius 2 is 1.89 bits per heavy atom. The molecule has 1 atom stereocenters. The molecule has 0 radical (unpaired) electrons. The number of nitro benzene ring substituents is 1. The van der Waals surface area contributed by atoms with E-state index in [4.69, 9.17) is 10.5 Å². The number of para-hydroxylation sites is 1. The number of benzene rings is 2. The van der Waals surface area contributed by atoms with Gasteiger partial charge >= 0.3 is 6.01 Å². The highest BCUT2D eigenvalue weighted by molar-refractivity contribution is 9.10. The Balaban J connectivity index is 2.01. The number of primary amides is 1. The van der Waals surface area contributed by atoms with Crippen molar-refractivity contribution < 1.29 is 19.2 Å². The molecule has 0 saturated heterocycles. The van der Waals surface area contributed by atoms with Crippen LogP contribution in [0.3, 0.4) is 0 Å². The molecule has 3 aromatic rings. The van der Waals surface area contributed by atoms with Gasteiger partial charge in [0.1, 0.15) is 16.9 Å². The number of halogens is 1. The van der Waals surface area contributed by atoms with E-state index in [0.717, 1.165) is 6.42 Å². The van der Waals surface area contributed by atoms with E-state index in [1.54, 1.807) is 37.5 Å². The minimum Gasteiger partial charge on any atom is -0.424 e. The average molecular weight is 542 g/mol. The molecule has 0 bridgehead atoms. The van der Waals surface area contributed by atoms with E-state index in [0.29, 0.717) is 27.8 Å². The summed E-state index contributed by atoms with van der Waals surface area (Å²) < 4.78 is 6.45. The molecule has 11 heteroatoms. The van der Waals surface area contributed by atoms with Gasteiger partial charge in [-0.05, 0) is 58.6 Å². The summed E-state index contributed by atoms with van der Waals surface area (Å²) in [5.74, 6) is -1.09. The van der Waals surface area contributed by atoms with Crippen molar-refractivity contribution in [3.63, 3.8) is 0 Å². The fraction of sp³-hybridized carbons (Fsp3) is 0.250. The van der Waals surface area contributed by atoms with Gasteiger partial charge in [-0.15, -0.1) is 0 Å². The van der Waals surface area contributed by atoms with Crippen LogP contribution in [0.1, 0.15) is 47.7 Å². The summed E-state index contributed by atoms with van der Waals surface area (Å²) in [6, 6.07) is 10.6. The molecule has 0 aliphatic heterocycles. The normalized spacial score (nSPS) is 12.4. The first-order chi connectivity index (χ1) is 16.7. The molecule has 0 saturated carbocycles. The van der Waals surface area contributed by atoms with Crippen LogP contribution < -0.4 is 15.8 Å². The molecule has 0 aliphatic carbocycles. The van der Waals surface area contributed by atoms with E-state index < -0.39 is 22.3 Å². The largest absolute Gasteiger partial charge is 0.424 e. The molecule has 10 nitrogen and oxygen atoms in total. The summed E-state index contributed by atoms with van der Waals surface area (Å²) in [4.78, 5) is 45.0. The third-order valence-corrected chi connectivity index (χ3v) is 5.87. The number of hydrogen-bond donors (Lipinski definition) is 2. The number of nitrogens with one attached hydrogen (secondary N) is 1. The van der Waals surface area contributed by atoms with Crippen LogP contribution in [-0.2, 0) is 10.3 Å². The number of carbonyl (C=O) groups excluding carboxylic acids is 2. The van der Waals surface area contributed by atoms with Crippen LogP contribution in [0.4, 0.5) is 5.69 Å². The number of aryl methyl sites for hydroxylation is 1. The van der Waals surface area contributed by atoms with Crippen molar-refractivity contribution in [1.29, 1.82) is 0 Å². The Bertz CT molecular complexity index is 1250. The molecule has 0 aliphatic rings. The van der Waals surface area contributed by atoms with Crippen molar-refractivity contribution in [2.24, 2.45) is 5.73 Å².